The van der Waals surface area contributed by atoms with Crippen molar-refractivity contribution < 1.29 is 13.2 Å². The zero-order valence-corrected chi connectivity index (χ0v) is 11.3. The molecule has 1 aromatic heterocycles. The average molecular weight is 337 g/mol. The Labute approximate surface area is 114 Å². The van der Waals surface area contributed by atoms with Gasteiger partial charge in [-0.2, -0.15) is 0 Å². The molecule has 0 aliphatic rings. The van der Waals surface area contributed by atoms with Crippen LogP contribution in [0.2, 0.25) is 0 Å². The zero-order valence-electron chi connectivity index (χ0n) is 8.88. The van der Waals surface area contributed by atoms with Gasteiger partial charge < -0.3 is 0 Å². The van der Waals surface area contributed by atoms with E-state index >= 15 is 0 Å². The molecule has 3 N–H and O–H groups in total. The Morgan fingerprint density at radius 1 is 1.11 bits per heavy atom. The van der Waals surface area contributed by atoms with Crippen LogP contribution in [0.5, 0.6) is 0 Å². The van der Waals surface area contributed by atoms with Gasteiger partial charge in [-0.15, -0.1) is 11.3 Å². The summed E-state index contributed by atoms with van der Waals surface area (Å²) >= 11 is 4.59. The number of nitrogens with two attached hydrogens (primary N) is 1. The molecule has 2 nitrogen and oxygen atoms in total. The van der Waals surface area contributed by atoms with Crippen LogP contribution in [0.3, 0.4) is 0 Å². The molecule has 7 heteroatoms. The van der Waals surface area contributed by atoms with E-state index < -0.39 is 23.5 Å². The van der Waals surface area contributed by atoms with Crippen molar-refractivity contribution in [3.63, 3.8) is 0 Å². The maximum absolute atomic E-state index is 13.7. The molecular formula is C11H8BrF3N2S. The molecule has 0 spiro atoms. The maximum atomic E-state index is 13.7. The molecule has 0 amide bonds. The van der Waals surface area contributed by atoms with Gasteiger partial charge in [-0.3, -0.25) is 5.84 Å². The minimum atomic E-state index is -1.50. The van der Waals surface area contributed by atoms with Gasteiger partial charge in [0.1, 0.15) is 0 Å². The lowest BCUT2D eigenvalue weighted by Crippen LogP contribution is -2.29. The van der Waals surface area contributed by atoms with Crippen molar-refractivity contribution in [2.24, 2.45) is 5.84 Å². The monoisotopic (exact) mass is 336 g/mol. The van der Waals surface area contributed by atoms with Gasteiger partial charge in [0.05, 0.1) is 9.83 Å². The summed E-state index contributed by atoms with van der Waals surface area (Å²) in [6.07, 6.45) is 0. The number of hydrogen-bond donors (Lipinski definition) is 2. The molecule has 0 bridgehead atoms. The number of benzene rings is 1. The van der Waals surface area contributed by atoms with E-state index in [1.54, 1.807) is 12.1 Å². The third-order valence-corrected chi connectivity index (χ3v) is 4.11. The lowest BCUT2D eigenvalue weighted by atomic mass is 10.0. The number of rotatable bonds is 3. The van der Waals surface area contributed by atoms with Crippen LogP contribution in [-0.2, 0) is 0 Å². The van der Waals surface area contributed by atoms with E-state index in [9.17, 15) is 13.2 Å². The Hall–Kier alpha value is -0.890. The Morgan fingerprint density at radius 2 is 1.83 bits per heavy atom. The molecule has 0 saturated carbocycles. The first-order valence-electron chi connectivity index (χ1n) is 4.89. The number of nitrogens with one attached hydrogen (secondary N) is 1. The van der Waals surface area contributed by atoms with E-state index in [4.69, 9.17) is 5.84 Å². The Morgan fingerprint density at radius 3 is 2.39 bits per heavy atom. The van der Waals surface area contributed by atoms with Crippen LogP contribution < -0.4 is 11.3 Å². The maximum Gasteiger partial charge on any atom is 0.194 e. The van der Waals surface area contributed by atoms with Crippen LogP contribution in [0.4, 0.5) is 13.2 Å². The van der Waals surface area contributed by atoms with Gasteiger partial charge in [0, 0.05) is 10.4 Å². The third-order valence-electron chi connectivity index (χ3n) is 2.42. The van der Waals surface area contributed by atoms with Gasteiger partial charge >= 0.3 is 0 Å². The van der Waals surface area contributed by atoms with Crippen LogP contribution in [0, 0.1) is 17.5 Å². The largest absolute Gasteiger partial charge is 0.271 e. The van der Waals surface area contributed by atoms with Crippen molar-refractivity contribution >= 4 is 27.3 Å². The quantitative estimate of drug-likeness (QED) is 0.511. The SMILES string of the molecule is NNC(c1ccc(Br)s1)c1ccc(F)c(F)c1F. The van der Waals surface area contributed by atoms with E-state index in [0.717, 1.165) is 9.85 Å². The second-order valence-electron chi connectivity index (χ2n) is 3.51. The lowest BCUT2D eigenvalue weighted by Gasteiger charge is -2.15. The molecule has 2 rings (SSSR count). The third kappa shape index (κ3) is 2.44. The average Bonchev–Trinajstić information content (AvgIpc) is 2.77. The van der Waals surface area contributed by atoms with E-state index in [2.05, 4.69) is 21.4 Å². The summed E-state index contributed by atoms with van der Waals surface area (Å²) in [7, 11) is 0. The Bertz CT molecular complexity index is 573. The first-order chi connectivity index (χ1) is 8.54. The van der Waals surface area contributed by atoms with Crippen LogP contribution in [-0.4, -0.2) is 0 Å². The molecule has 18 heavy (non-hydrogen) atoms. The van der Waals surface area contributed by atoms with Gasteiger partial charge in [-0.25, -0.2) is 18.6 Å². The normalized spacial score (nSPS) is 12.7. The fourth-order valence-corrected chi connectivity index (χ4v) is 3.08. The molecule has 0 aliphatic carbocycles. The van der Waals surface area contributed by atoms with Crippen LogP contribution in [0.15, 0.2) is 28.1 Å². The molecule has 0 radical (unpaired) electrons. The van der Waals surface area contributed by atoms with Crippen molar-refractivity contribution in [1.82, 2.24) is 5.43 Å². The molecule has 0 aliphatic heterocycles. The summed E-state index contributed by atoms with van der Waals surface area (Å²) < 4.78 is 40.6. The van der Waals surface area contributed by atoms with Crippen LogP contribution >= 0.6 is 27.3 Å². The van der Waals surface area contributed by atoms with Crippen molar-refractivity contribution in [2.75, 3.05) is 0 Å². The van der Waals surface area contributed by atoms with Crippen LogP contribution in [0.25, 0.3) is 0 Å². The first kappa shape index (κ1) is 13.5. The molecule has 0 saturated heterocycles. The van der Waals surface area contributed by atoms with Crippen molar-refractivity contribution in [3.05, 3.63) is 55.9 Å². The fraction of sp³-hybridized carbons (Fsp3) is 0.0909. The van der Waals surface area contributed by atoms with Gasteiger partial charge in [-0.1, -0.05) is 6.07 Å². The summed E-state index contributed by atoms with van der Waals surface area (Å²) in [4.78, 5) is 0.689. The van der Waals surface area contributed by atoms with Gasteiger partial charge in [-0.05, 0) is 34.1 Å². The number of halogens is 4. The van der Waals surface area contributed by atoms with E-state index in [1.807, 2.05) is 0 Å². The van der Waals surface area contributed by atoms with Crippen molar-refractivity contribution in [2.45, 2.75) is 6.04 Å². The summed E-state index contributed by atoms with van der Waals surface area (Å²) in [5, 5.41) is 0. The smallest absolute Gasteiger partial charge is 0.194 e. The highest BCUT2D eigenvalue weighted by molar-refractivity contribution is 9.11. The standard InChI is InChI=1S/C11H8BrF3N2S/c12-8-4-3-7(18-8)11(17-16)5-1-2-6(13)10(15)9(5)14/h1-4,11,17H,16H2. The highest BCUT2D eigenvalue weighted by Gasteiger charge is 2.22. The second kappa shape index (κ2) is 5.40. The van der Waals surface area contributed by atoms with Crippen LogP contribution in [0.1, 0.15) is 16.5 Å². The summed E-state index contributed by atoms with van der Waals surface area (Å²) in [6.45, 7) is 0. The van der Waals surface area contributed by atoms with Gasteiger partial charge in [0.15, 0.2) is 17.5 Å². The Kier molecular flexibility index (Phi) is 4.06. The summed E-state index contributed by atoms with van der Waals surface area (Å²) in [6, 6.07) is 4.81. The summed E-state index contributed by atoms with van der Waals surface area (Å²) in [5.74, 6) is 1.41. The number of hydrogen-bond acceptors (Lipinski definition) is 3. The van der Waals surface area contributed by atoms with Gasteiger partial charge in [0.2, 0.25) is 0 Å². The molecule has 1 heterocycles. The second-order valence-corrected chi connectivity index (χ2v) is 6.00. The Balaban J connectivity index is 2.49. The predicted molar refractivity (Wildman–Crippen MR) is 67.5 cm³/mol. The van der Waals surface area contributed by atoms with E-state index in [-0.39, 0.29) is 5.56 Å². The molecule has 2 aromatic rings. The number of thiophene rings is 1. The van der Waals surface area contributed by atoms with Gasteiger partial charge in [0.25, 0.3) is 0 Å². The number of hydrazine groups is 1. The summed E-state index contributed by atoms with van der Waals surface area (Å²) in [5.41, 5.74) is 2.36. The predicted octanol–water partition coefficient (Wildman–Crippen LogP) is 3.48. The van der Waals surface area contributed by atoms with E-state index in [1.165, 1.54) is 17.4 Å². The highest BCUT2D eigenvalue weighted by Crippen LogP contribution is 2.32. The topological polar surface area (TPSA) is 38.0 Å². The first-order valence-corrected chi connectivity index (χ1v) is 6.50. The van der Waals surface area contributed by atoms with Crippen molar-refractivity contribution in [1.29, 1.82) is 0 Å². The molecule has 1 unspecified atom stereocenters. The molecule has 96 valence electrons. The highest BCUT2D eigenvalue weighted by atomic mass is 79.9. The molecule has 1 aromatic carbocycles. The minimum Gasteiger partial charge on any atom is -0.271 e. The molecule has 0 fully saturated rings. The lowest BCUT2D eigenvalue weighted by molar-refractivity contribution is 0.434. The fourth-order valence-electron chi connectivity index (χ4n) is 1.57. The molecule has 1 atom stereocenters. The zero-order chi connectivity index (χ0) is 13.3. The molecular weight excluding hydrogens is 329 g/mol. The van der Waals surface area contributed by atoms with E-state index in [0.29, 0.717) is 4.88 Å². The van der Waals surface area contributed by atoms with Crippen molar-refractivity contribution in [3.8, 4) is 0 Å². The minimum absolute atomic E-state index is 0.0363.